The fourth-order valence-electron chi connectivity index (χ4n) is 3.09. The van der Waals surface area contributed by atoms with Crippen LogP contribution in [0.25, 0.3) is 0 Å². The van der Waals surface area contributed by atoms with Crippen LogP contribution in [0.4, 0.5) is 5.82 Å². The lowest BCUT2D eigenvalue weighted by Crippen LogP contribution is -2.20. The van der Waals surface area contributed by atoms with Crippen LogP contribution in [0.15, 0.2) is 47.7 Å². The minimum atomic E-state index is -0.120. The second kappa shape index (κ2) is 10.9. The third-order valence-corrected chi connectivity index (χ3v) is 5.97. The van der Waals surface area contributed by atoms with Crippen molar-refractivity contribution in [1.82, 2.24) is 9.97 Å². The Morgan fingerprint density at radius 1 is 1.21 bits per heavy atom. The van der Waals surface area contributed by atoms with Gasteiger partial charge in [-0.15, -0.1) is 0 Å². The van der Waals surface area contributed by atoms with E-state index < -0.39 is 0 Å². The topological polar surface area (TPSA) is 91.1 Å². The summed E-state index contributed by atoms with van der Waals surface area (Å²) in [6.07, 6.45) is 8.74. The van der Waals surface area contributed by atoms with Gasteiger partial charge in [0.25, 0.3) is 0 Å². The molecule has 0 radical (unpaired) electrons. The van der Waals surface area contributed by atoms with Crippen LogP contribution in [0.2, 0.25) is 0 Å². The lowest BCUT2D eigenvalue weighted by atomic mass is 10.1. The van der Waals surface area contributed by atoms with Crippen molar-refractivity contribution in [3.05, 3.63) is 54.0 Å². The molecule has 1 aliphatic heterocycles. The molecule has 0 spiro atoms. The van der Waals surface area contributed by atoms with E-state index in [0.29, 0.717) is 11.7 Å². The van der Waals surface area contributed by atoms with Gasteiger partial charge in [0, 0.05) is 30.6 Å². The molecule has 1 amide bonds. The number of aliphatic imine (C=N–C) groups is 1. The van der Waals surface area contributed by atoms with Crippen molar-refractivity contribution in [2.45, 2.75) is 45.4 Å². The molecule has 1 aliphatic rings. The smallest absolute Gasteiger partial charge is 0.231 e. The number of hydrogen-bond acceptors (Lipinski definition) is 6. The number of anilines is 1. The van der Waals surface area contributed by atoms with E-state index in [-0.39, 0.29) is 12.3 Å². The molecule has 0 aliphatic carbocycles. The minimum absolute atomic E-state index is 0.120. The molecule has 2 aromatic rings. The molecule has 0 aromatic carbocycles. The summed E-state index contributed by atoms with van der Waals surface area (Å²) in [5.41, 5.74) is 1.90. The lowest BCUT2D eigenvalue weighted by Gasteiger charge is -2.20. The van der Waals surface area contributed by atoms with Crippen molar-refractivity contribution in [2.75, 3.05) is 11.9 Å². The Hall–Kier alpha value is -2.54. The molecule has 6 nitrogen and oxygen atoms in total. The Balaban J connectivity index is 1.38. The normalized spacial score (nSPS) is 16.4. The molecule has 0 fully saturated rings. The number of rotatable bonds is 9. The molecule has 1 atom stereocenters. The first-order valence-corrected chi connectivity index (χ1v) is 10.9. The summed E-state index contributed by atoms with van der Waals surface area (Å²) in [5.74, 6) is 0.759. The summed E-state index contributed by atoms with van der Waals surface area (Å²) in [5, 5.41) is 12.7. The molecular formula is C22H27N5OS. The van der Waals surface area contributed by atoms with Gasteiger partial charge in [-0.05, 0) is 55.9 Å². The Morgan fingerprint density at radius 3 is 2.76 bits per heavy atom. The largest absolute Gasteiger partial charge is 0.310 e. The van der Waals surface area contributed by atoms with Gasteiger partial charge in [0.15, 0.2) is 0 Å². The molecule has 0 saturated carbocycles. The predicted molar refractivity (Wildman–Crippen MR) is 120 cm³/mol. The van der Waals surface area contributed by atoms with Gasteiger partial charge in [-0.25, -0.2) is 4.98 Å². The van der Waals surface area contributed by atoms with Gasteiger partial charge in [0.1, 0.15) is 5.82 Å². The van der Waals surface area contributed by atoms with E-state index >= 15 is 0 Å². The average Bonchev–Trinajstić information content (AvgIpc) is 2.73. The van der Waals surface area contributed by atoms with E-state index in [0.717, 1.165) is 60.0 Å². The van der Waals surface area contributed by atoms with E-state index in [2.05, 4.69) is 27.2 Å². The summed E-state index contributed by atoms with van der Waals surface area (Å²) in [4.78, 5) is 25.2. The van der Waals surface area contributed by atoms with Gasteiger partial charge in [-0.1, -0.05) is 30.8 Å². The standard InChI is InChI=1S/C22H27N5OS/c1-2-17-15-26-21(29-22(17)23)9-4-3-7-16-10-11-19(25-14-16)27-20(28)13-18-8-5-6-12-24-18/h5-6,8,10-12,14,17,23H,2-4,7,9,13,15H2,1H3,(H,25,27,28). The highest BCUT2D eigenvalue weighted by Crippen LogP contribution is 2.25. The molecule has 0 bridgehead atoms. The maximum Gasteiger partial charge on any atom is 0.231 e. The third kappa shape index (κ3) is 6.78. The van der Waals surface area contributed by atoms with Crippen LogP contribution < -0.4 is 5.32 Å². The van der Waals surface area contributed by atoms with Crippen molar-refractivity contribution >= 4 is 33.6 Å². The summed E-state index contributed by atoms with van der Waals surface area (Å²) in [6.45, 7) is 2.89. The number of pyridine rings is 2. The average molecular weight is 410 g/mol. The van der Waals surface area contributed by atoms with Gasteiger partial charge in [0.05, 0.1) is 16.5 Å². The molecule has 3 rings (SSSR count). The van der Waals surface area contributed by atoms with E-state index in [1.165, 1.54) is 0 Å². The number of unbranched alkanes of at least 4 members (excludes halogenated alkanes) is 1. The number of amides is 1. The van der Waals surface area contributed by atoms with Crippen molar-refractivity contribution in [3.63, 3.8) is 0 Å². The molecule has 3 heterocycles. The molecule has 152 valence electrons. The van der Waals surface area contributed by atoms with E-state index in [1.807, 2.05) is 36.5 Å². The zero-order chi connectivity index (χ0) is 20.5. The van der Waals surface area contributed by atoms with Gasteiger partial charge in [-0.3, -0.25) is 20.2 Å². The second-order valence-electron chi connectivity index (χ2n) is 7.11. The van der Waals surface area contributed by atoms with Crippen molar-refractivity contribution < 1.29 is 4.79 Å². The first-order valence-electron chi connectivity index (χ1n) is 10.1. The van der Waals surface area contributed by atoms with Gasteiger partial charge in [-0.2, -0.15) is 0 Å². The van der Waals surface area contributed by atoms with E-state index in [4.69, 9.17) is 5.41 Å². The number of hydrogen-bond donors (Lipinski definition) is 2. The van der Waals surface area contributed by atoms with E-state index in [9.17, 15) is 4.79 Å². The summed E-state index contributed by atoms with van der Waals surface area (Å²) in [6, 6.07) is 9.39. The molecule has 2 N–H and O–H groups in total. The Kier molecular flexibility index (Phi) is 7.93. The summed E-state index contributed by atoms with van der Waals surface area (Å²) < 4.78 is 0. The van der Waals surface area contributed by atoms with Crippen LogP contribution in [-0.4, -0.2) is 32.5 Å². The van der Waals surface area contributed by atoms with Gasteiger partial charge < -0.3 is 5.32 Å². The molecule has 7 heteroatoms. The maximum atomic E-state index is 12.1. The third-order valence-electron chi connectivity index (χ3n) is 4.85. The first kappa shape index (κ1) is 21.2. The number of nitrogens with one attached hydrogen (secondary N) is 2. The Labute approximate surface area is 176 Å². The van der Waals surface area contributed by atoms with Crippen LogP contribution in [-0.2, 0) is 17.6 Å². The number of aryl methyl sites for hydroxylation is 1. The number of aromatic nitrogens is 2. The second-order valence-corrected chi connectivity index (χ2v) is 8.23. The predicted octanol–water partition coefficient (Wildman–Crippen LogP) is 4.52. The van der Waals surface area contributed by atoms with Crippen LogP contribution in [0.3, 0.4) is 0 Å². The summed E-state index contributed by atoms with van der Waals surface area (Å²) in [7, 11) is 0. The van der Waals surface area contributed by atoms with Gasteiger partial charge in [0.2, 0.25) is 5.91 Å². The number of thioether (sulfide) groups is 1. The molecule has 1 unspecified atom stereocenters. The highest BCUT2D eigenvalue weighted by molar-refractivity contribution is 8.26. The Bertz CT molecular complexity index is 851. The lowest BCUT2D eigenvalue weighted by molar-refractivity contribution is -0.115. The fraction of sp³-hybridized carbons (Fsp3) is 0.409. The van der Waals surface area contributed by atoms with Crippen LogP contribution in [0, 0.1) is 11.3 Å². The van der Waals surface area contributed by atoms with Crippen LogP contribution in [0.5, 0.6) is 0 Å². The Morgan fingerprint density at radius 2 is 2.07 bits per heavy atom. The number of carbonyl (C=O) groups excluding carboxylic acids is 1. The fourth-order valence-corrected chi connectivity index (χ4v) is 4.14. The molecule has 2 aromatic heterocycles. The van der Waals surface area contributed by atoms with Crippen LogP contribution in [0.1, 0.15) is 43.9 Å². The van der Waals surface area contributed by atoms with Crippen molar-refractivity contribution in [2.24, 2.45) is 10.9 Å². The number of carbonyl (C=O) groups is 1. The van der Waals surface area contributed by atoms with E-state index in [1.54, 1.807) is 18.0 Å². The number of nitrogens with zero attached hydrogens (tertiary/aromatic N) is 3. The SMILES string of the molecule is CCC1CN=C(CCCCc2ccc(NC(=O)Cc3ccccn3)nc2)SC1=N. The molecule has 29 heavy (non-hydrogen) atoms. The maximum absolute atomic E-state index is 12.1. The summed E-state index contributed by atoms with van der Waals surface area (Å²) >= 11 is 1.55. The monoisotopic (exact) mass is 409 g/mol. The zero-order valence-electron chi connectivity index (χ0n) is 16.7. The first-order chi connectivity index (χ1) is 14.1. The molecular weight excluding hydrogens is 382 g/mol. The quantitative estimate of drug-likeness (QED) is 0.596. The highest BCUT2D eigenvalue weighted by Gasteiger charge is 2.20. The van der Waals surface area contributed by atoms with Crippen molar-refractivity contribution in [1.29, 1.82) is 5.41 Å². The van der Waals surface area contributed by atoms with Gasteiger partial charge >= 0.3 is 0 Å². The highest BCUT2D eigenvalue weighted by atomic mass is 32.2. The zero-order valence-corrected chi connectivity index (χ0v) is 17.5. The van der Waals surface area contributed by atoms with Crippen LogP contribution >= 0.6 is 11.8 Å². The molecule has 0 saturated heterocycles. The minimum Gasteiger partial charge on any atom is -0.310 e. The van der Waals surface area contributed by atoms with Crippen molar-refractivity contribution in [3.8, 4) is 0 Å².